The molecular formula is C15H15N3O4. The fraction of sp³-hybridized carbons (Fsp3) is 0.267. The summed E-state index contributed by atoms with van der Waals surface area (Å²) in [6.45, 7) is 1.42. The zero-order valence-electron chi connectivity index (χ0n) is 12.0. The fourth-order valence-corrected chi connectivity index (χ4v) is 2.33. The van der Waals surface area contributed by atoms with Gasteiger partial charge in [0.15, 0.2) is 0 Å². The van der Waals surface area contributed by atoms with Crippen molar-refractivity contribution >= 4 is 28.8 Å². The van der Waals surface area contributed by atoms with E-state index in [1.807, 2.05) is 30.3 Å². The monoisotopic (exact) mass is 301 g/mol. The second kappa shape index (κ2) is 5.51. The Morgan fingerprint density at radius 1 is 1.41 bits per heavy atom. The van der Waals surface area contributed by atoms with Gasteiger partial charge in [-0.15, -0.1) is 0 Å². The van der Waals surface area contributed by atoms with E-state index in [0.717, 1.165) is 15.9 Å². The highest BCUT2D eigenvalue weighted by molar-refractivity contribution is 6.04. The molecule has 0 radical (unpaired) electrons. The molecule has 1 aromatic carbocycles. The predicted molar refractivity (Wildman–Crippen MR) is 77.9 cm³/mol. The molecule has 1 saturated heterocycles. The van der Waals surface area contributed by atoms with E-state index in [4.69, 9.17) is 4.42 Å². The third kappa shape index (κ3) is 2.65. The quantitative estimate of drug-likeness (QED) is 0.829. The van der Waals surface area contributed by atoms with Crippen LogP contribution in [0.4, 0.5) is 4.79 Å². The van der Waals surface area contributed by atoms with E-state index in [-0.39, 0.29) is 19.1 Å². The van der Waals surface area contributed by atoms with Gasteiger partial charge >= 0.3 is 6.03 Å². The SMILES string of the molecule is CC(NC(=O)CN1C(=O)CNC1=O)c1cc2ccccc2o1. The number of benzene rings is 1. The summed E-state index contributed by atoms with van der Waals surface area (Å²) in [7, 11) is 0. The van der Waals surface area contributed by atoms with Crippen molar-refractivity contribution in [3.05, 3.63) is 36.1 Å². The summed E-state index contributed by atoms with van der Waals surface area (Å²) in [6.07, 6.45) is 0. The molecule has 114 valence electrons. The van der Waals surface area contributed by atoms with Crippen molar-refractivity contribution in [3.8, 4) is 0 Å². The molecule has 4 amide bonds. The van der Waals surface area contributed by atoms with Crippen LogP contribution in [-0.4, -0.2) is 35.8 Å². The average molecular weight is 301 g/mol. The topological polar surface area (TPSA) is 91.7 Å². The molecule has 22 heavy (non-hydrogen) atoms. The van der Waals surface area contributed by atoms with Crippen LogP contribution in [0, 0.1) is 0 Å². The molecule has 3 rings (SSSR count). The molecule has 7 heteroatoms. The molecule has 1 fully saturated rings. The highest BCUT2D eigenvalue weighted by Crippen LogP contribution is 2.23. The van der Waals surface area contributed by atoms with E-state index in [9.17, 15) is 14.4 Å². The number of rotatable bonds is 4. The van der Waals surface area contributed by atoms with E-state index in [2.05, 4.69) is 10.6 Å². The van der Waals surface area contributed by atoms with Crippen LogP contribution in [0.15, 0.2) is 34.7 Å². The molecule has 1 unspecified atom stereocenters. The molecule has 0 aliphatic carbocycles. The molecule has 1 atom stereocenters. The average Bonchev–Trinajstić information content (AvgIpc) is 3.05. The van der Waals surface area contributed by atoms with Crippen LogP contribution in [0.5, 0.6) is 0 Å². The first-order valence-corrected chi connectivity index (χ1v) is 6.90. The van der Waals surface area contributed by atoms with Crippen LogP contribution in [0.2, 0.25) is 0 Å². The van der Waals surface area contributed by atoms with Crippen molar-refractivity contribution in [3.63, 3.8) is 0 Å². The van der Waals surface area contributed by atoms with Gasteiger partial charge in [-0.1, -0.05) is 18.2 Å². The van der Waals surface area contributed by atoms with Crippen molar-refractivity contribution in [2.45, 2.75) is 13.0 Å². The summed E-state index contributed by atoms with van der Waals surface area (Å²) in [5, 5.41) is 6.04. The van der Waals surface area contributed by atoms with Crippen LogP contribution in [-0.2, 0) is 9.59 Å². The maximum absolute atomic E-state index is 12.0. The zero-order chi connectivity index (χ0) is 15.7. The molecular weight excluding hydrogens is 286 g/mol. The minimum absolute atomic E-state index is 0.0642. The minimum Gasteiger partial charge on any atom is -0.459 e. The van der Waals surface area contributed by atoms with Gasteiger partial charge in [-0.25, -0.2) is 4.79 Å². The molecule has 0 bridgehead atoms. The lowest BCUT2D eigenvalue weighted by atomic mass is 10.2. The van der Waals surface area contributed by atoms with Gasteiger partial charge in [-0.3, -0.25) is 14.5 Å². The highest BCUT2D eigenvalue weighted by Gasteiger charge is 2.30. The molecule has 0 spiro atoms. The molecule has 0 saturated carbocycles. The predicted octanol–water partition coefficient (Wildman–Crippen LogP) is 1.16. The number of urea groups is 1. The van der Waals surface area contributed by atoms with E-state index >= 15 is 0 Å². The van der Waals surface area contributed by atoms with Gasteiger partial charge < -0.3 is 15.1 Å². The molecule has 1 aromatic heterocycles. The Balaban J connectivity index is 1.65. The number of amides is 4. The third-order valence-electron chi connectivity index (χ3n) is 3.49. The van der Waals surface area contributed by atoms with Crippen LogP contribution in [0.3, 0.4) is 0 Å². The largest absolute Gasteiger partial charge is 0.459 e. The lowest BCUT2D eigenvalue weighted by molar-refractivity contribution is -0.130. The second-order valence-electron chi connectivity index (χ2n) is 5.11. The number of carbonyl (C=O) groups excluding carboxylic acids is 3. The van der Waals surface area contributed by atoms with Crippen LogP contribution < -0.4 is 10.6 Å². The van der Waals surface area contributed by atoms with Crippen molar-refractivity contribution in [1.29, 1.82) is 0 Å². The van der Waals surface area contributed by atoms with Crippen LogP contribution in [0.1, 0.15) is 18.7 Å². The summed E-state index contributed by atoms with van der Waals surface area (Å²) in [4.78, 5) is 35.7. The van der Waals surface area contributed by atoms with Crippen molar-refractivity contribution in [1.82, 2.24) is 15.5 Å². The smallest absolute Gasteiger partial charge is 0.325 e. The first-order chi connectivity index (χ1) is 10.5. The summed E-state index contributed by atoms with van der Waals surface area (Å²) >= 11 is 0. The van der Waals surface area contributed by atoms with E-state index < -0.39 is 17.8 Å². The molecule has 7 nitrogen and oxygen atoms in total. The highest BCUT2D eigenvalue weighted by atomic mass is 16.3. The maximum atomic E-state index is 12.0. The Kier molecular flexibility index (Phi) is 3.54. The Morgan fingerprint density at radius 3 is 2.86 bits per heavy atom. The van der Waals surface area contributed by atoms with Crippen LogP contribution in [0.25, 0.3) is 11.0 Å². The molecule has 2 aromatic rings. The van der Waals surface area contributed by atoms with E-state index in [0.29, 0.717) is 5.76 Å². The summed E-state index contributed by atoms with van der Waals surface area (Å²) in [6, 6.07) is 8.50. The molecule has 2 N–H and O–H groups in total. The number of fused-ring (bicyclic) bond motifs is 1. The molecule has 1 aliphatic heterocycles. The van der Waals surface area contributed by atoms with Gasteiger partial charge in [0, 0.05) is 5.39 Å². The number of furan rings is 1. The van der Waals surface area contributed by atoms with Gasteiger partial charge in [0.05, 0.1) is 12.6 Å². The van der Waals surface area contributed by atoms with Gasteiger partial charge in [-0.2, -0.15) is 0 Å². The zero-order valence-corrected chi connectivity index (χ0v) is 12.0. The number of carbonyl (C=O) groups is 3. The Hall–Kier alpha value is -2.83. The van der Waals surface area contributed by atoms with Gasteiger partial charge in [0.2, 0.25) is 5.91 Å². The Labute approximate surface area is 126 Å². The number of hydrogen-bond acceptors (Lipinski definition) is 4. The summed E-state index contributed by atoms with van der Waals surface area (Å²) in [5.41, 5.74) is 0.743. The van der Waals surface area contributed by atoms with Crippen LogP contribution >= 0.6 is 0 Å². The Morgan fingerprint density at radius 2 is 2.18 bits per heavy atom. The minimum atomic E-state index is -0.545. The normalized spacial score (nSPS) is 16.0. The number of nitrogens with one attached hydrogen (secondary N) is 2. The standard InChI is InChI=1S/C15H15N3O4/c1-9(12-6-10-4-2-3-5-11(10)22-12)17-13(19)8-18-14(20)7-16-15(18)21/h2-6,9H,7-8H2,1H3,(H,16,21)(H,17,19). The van der Waals surface area contributed by atoms with Gasteiger partial charge in [0.25, 0.3) is 5.91 Å². The third-order valence-corrected chi connectivity index (χ3v) is 3.49. The van der Waals surface area contributed by atoms with Gasteiger partial charge in [-0.05, 0) is 19.1 Å². The fourth-order valence-electron chi connectivity index (χ4n) is 2.33. The molecule has 1 aliphatic rings. The maximum Gasteiger partial charge on any atom is 0.325 e. The van der Waals surface area contributed by atoms with Crippen molar-refractivity contribution in [2.75, 3.05) is 13.1 Å². The van der Waals surface area contributed by atoms with Crippen molar-refractivity contribution < 1.29 is 18.8 Å². The molecule has 2 heterocycles. The van der Waals surface area contributed by atoms with E-state index in [1.54, 1.807) is 6.92 Å². The first-order valence-electron chi connectivity index (χ1n) is 6.90. The van der Waals surface area contributed by atoms with E-state index in [1.165, 1.54) is 0 Å². The van der Waals surface area contributed by atoms with Gasteiger partial charge in [0.1, 0.15) is 17.9 Å². The summed E-state index contributed by atoms with van der Waals surface area (Å²) < 4.78 is 5.67. The summed E-state index contributed by atoms with van der Waals surface area (Å²) in [5.74, 6) is -0.207. The Bertz CT molecular complexity index is 703. The lowest BCUT2D eigenvalue weighted by Crippen LogP contribution is -2.41. The second-order valence-corrected chi connectivity index (χ2v) is 5.11. The number of para-hydroxylation sites is 1. The number of imide groups is 1. The number of hydrogen-bond donors (Lipinski definition) is 2. The number of nitrogens with zero attached hydrogens (tertiary/aromatic N) is 1. The first kappa shape index (κ1) is 14.1. The van der Waals surface area contributed by atoms with Crippen molar-refractivity contribution in [2.24, 2.45) is 0 Å². The lowest BCUT2D eigenvalue weighted by Gasteiger charge is -2.15.